The molecular formula is C19H23Cl2N5O2. The molecule has 0 bridgehead atoms. The molecular weight excluding hydrogens is 401 g/mol. The van der Waals surface area contributed by atoms with Gasteiger partial charge in [-0.05, 0) is 25.1 Å². The average Bonchev–Trinajstić information content (AvgIpc) is 2.97. The van der Waals surface area contributed by atoms with Crippen LogP contribution >= 0.6 is 23.2 Å². The maximum atomic E-state index is 6.46. The Morgan fingerprint density at radius 2 is 1.71 bits per heavy atom. The first kappa shape index (κ1) is 20.8. The topological polar surface area (TPSA) is 65.3 Å². The van der Waals surface area contributed by atoms with Gasteiger partial charge < -0.3 is 14.4 Å². The molecule has 150 valence electrons. The van der Waals surface area contributed by atoms with Crippen molar-refractivity contribution < 1.29 is 9.47 Å². The molecule has 2 aromatic heterocycles. The van der Waals surface area contributed by atoms with Crippen LogP contribution in [0.1, 0.15) is 5.82 Å². The van der Waals surface area contributed by atoms with E-state index < -0.39 is 0 Å². The molecule has 2 heterocycles. The summed E-state index contributed by atoms with van der Waals surface area (Å²) < 4.78 is 12.3. The van der Waals surface area contributed by atoms with E-state index in [-0.39, 0.29) is 0 Å². The van der Waals surface area contributed by atoms with E-state index in [0.29, 0.717) is 47.7 Å². The summed E-state index contributed by atoms with van der Waals surface area (Å²) in [6.45, 7) is 4.33. The number of aromatic nitrogens is 4. The average molecular weight is 424 g/mol. The molecule has 0 aliphatic carbocycles. The van der Waals surface area contributed by atoms with Crippen molar-refractivity contribution in [2.75, 3.05) is 45.4 Å². The highest BCUT2D eigenvalue weighted by Gasteiger charge is 2.22. The molecule has 9 heteroatoms. The van der Waals surface area contributed by atoms with Crippen molar-refractivity contribution in [2.24, 2.45) is 7.05 Å². The van der Waals surface area contributed by atoms with Gasteiger partial charge in [0.25, 0.3) is 0 Å². The van der Waals surface area contributed by atoms with Gasteiger partial charge in [-0.3, -0.25) is 4.68 Å². The largest absolute Gasteiger partial charge is 0.383 e. The molecule has 0 spiro atoms. The van der Waals surface area contributed by atoms with E-state index in [1.54, 1.807) is 31.0 Å². The zero-order valence-electron chi connectivity index (χ0n) is 16.4. The summed E-state index contributed by atoms with van der Waals surface area (Å²) in [5.41, 5.74) is 3.10. The van der Waals surface area contributed by atoms with Crippen LogP contribution in [0.2, 0.25) is 10.0 Å². The summed E-state index contributed by atoms with van der Waals surface area (Å²) in [5.74, 6) is 1.41. The van der Waals surface area contributed by atoms with E-state index >= 15 is 0 Å². The zero-order chi connectivity index (χ0) is 20.3. The molecule has 0 unspecified atom stereocenters. The van der Waals surface area contributed by atoms with E-state index in [9.17, 15) is 0 Å². The van der Waals surface area contributed by atoms with Gasteiger partial charge in [-0.2, -0.15) is 5.10 Å². The fourth-order valence-electron chi connectivity index (χ4n) is 3.09. The lowest BCUT2D eigenvalue weighted by molar-refractivity contribution is 0.190. The van der Waals surface area contributed by atoms with Crippen LogP contribution in [0, 0.1) is 6.92 Å². The summed E-state index contributed by atoms with van der Waals surface area (Å²) in [5, 5.41) is 5.84. The highest BCUT2D eigenvalue weighted by Crippen LogP contribution is 2.36. The van der Waals surface area contributed by atoms with Crippen LogP contribution < -0.4 is 4.90 Å². The smallest absolute Gasteiger partial charge is 0.161 e. The molecule has 0 fully saturated rings. The predicted molar refractivity (Wildman–Crippen MR) is 112 cm³/mol. The Morgan fingerprint density at radius 1 is 1.04 bits per heavy atom. The predicted octanol–water partition coefficient (Wildman–Crippen LogP) is 3.74. The van der Waals surface area contributed by atoms with E-state index in [1.165, 1.54) is 0 Å². The lowest BCUT2D eigenvalue weighted by atomic mass is 10.1. The summed E-state index contributed by atoms with van der Waals surface area (Å²) in [4.78, 5) is 11.4. The number of anilines is 1. The molecule has 0 N–H and O–H groups in total. The standard InChI is InChI=1S/C19H23Cl2N5O2/c1-12-22-16-17(19(23-12)26(7-9-27-3)8-10-28-4)24-25(2)18(16)14-6-5-13(20)11-15(14)21/h5-6,11H,7-10H2,1-4H3. The van der Waals surface area contributed by atoms with Crippen LogP contribution in [0.5, 0.6) is 0 Å². The van der Waals surface area contributed by atoms with Crippen LogP contribution in [0.3, 0.4) is 0 Å². The molecule has 3 aromatic rings. The molecule has 0 aliphatic heterocycles. The van der Waals surface area contributed by atoms with Gasteiger partial charge in [0.05, 0.1) is 23.9 Å². The maximum Gasteiger partial charge on any atom is 0.161 e. The molecule has 3 rings (SSSR count). The Bertz CT molecular complexity index is 969. The van der Waals surface area contributed by atoms with Crippen molar-refractivity contribution in [3.8, 4) is 11.3 Å². The minimum Gasteiger partial charge on any atom is -0.383 e. The number of ether oxygens (including phenoxy) is 2. The molecule has 0 atom stereocenters. The number of nitrogens with zero attached hydrogens (tertiary/aromatic N) is 5. The Labute approximate surface area is 174 Å². The van der Waals surface area contributed by atoms with Crippen molar-refractivity contribution in [2.45, 2.75) is 6.92 Å². The van der Waals surface area contributed by atoms with Crippen LogP contribution in [-0.4, -0.2) is 60.3 Å². The first-order chi connectivity index (χ1) is 13.5. The Morgan fingerprint density at radius 3 is 2.32 bits per heavy atom. The highest BCUT2D eigenvalue weighted by molar-refractivity contribution is 6.36. The Hall–Kier alpha value is -1.93. The summed E-state index contributed by atoms with van der Waals surface area (Å²) >= 11 is 12.5. The lowest BCUT2D eigenvalue weighted by Gasteiger charge is -2.23. The number of hydrogen-bond acceptors (Lipinski definition) is 6. The van der Waals surface area contributed by atoms with Gasteiger partial charge in [0.1, 0.15) is 11.3 Å². The van der Waals surface area contributed by atoms with Gasteiger partial charge in [-0.25, -0.2) is 9.97 Å². The summed E-state index contributed by atoms with van der Waals surface area (Å²) in [7, 11) is 5.23. The number of methoxy groups -OCH3 is 2. The van der Waals surface area contributed by atoms with E-state index in [4.69, 9.17) is 37.8 Å². The molecule has 7 nitrogen and oxygen atoms in total. The highest BCUT2D eigenvalue weighted by atomic mass is 35.5. The summed E-state index contributed by atoms with van der Waals surface area (Å²) in [6, 6.07) is 5.40. The third-order valence-electron chi connectivity index (χ3n) is 4.39. The molecule has 0 saturated carbocycles. The minimum absolute atomic E-state index is 0.547. The molecule has 0 saturated heterocycles. The fraction of sp³-hybridized carbons (Fsp3) is 0.421. The third kappa shape index (κ3) is 4.22. The van der Waals surface area contributed by atoms with Crippen LogP contribution in [0.25, 0.3) is 22.3 Å². The van der Waals surface area contributed by atoms with Crippen molar-refractivity contribution in [1.82, 2.24) is 19.7 Å². The monoisotopic (exact) mass is 423 g/mol. The second kappa shape index (κ2) is 9.05. The van der Waals surface area contributed by atoms with Gasteiger partial charge in [-0.1, -0.05) is 23.2 Å². The van der Waals surface area contributed by atoms with Crippen LogP contribution in [0.4, 0.5) is 5.82 Å². The van der Waals surface area contributed by atoms with Crippen molar-refractivity contribution in [3.63, 3.8) is 0 Å². The van der Waals surface area contributed by atoms with E-state index in [1.807, 2.05) is 20.0 Å². The molecule has 28 heavy (non-hydrogen) atoms. The number of hydrogen-bond donors (Lipinski definition) is 0. The number of halogens is 2. The Kier molecular flexibility index (Phi) is 6.72. The number of rotatable bonds is 8. The second-order valence-electron chi connectivity index (χ2n) is 6.36. The molecule has 0 aliphatic rings. The third-order valence-corrected chi connectivity index (χ3v) is 4.94. The quantitative estimate of drug-likeness (QED) is 0.549. The number of benzene rings is 1. The van der Waals surface area contributed by atoms with Gasteiger partial charge in [-0.15, -0.1) is 0 Å². The molecule has 0 amide bonds. The number of aryl methyl sites for hydroxylation is 2. The lowest BCUT2D eigenvalue weighted by Crippen LogP contribution is -2.31. The van der Waals surface area contributed by atoms with Crippen molar-refractivity contribution in [3.05, 3.63) is 34.1 Å². The van der Waals surface area contributed by atoms with Gasteiger partial charge in [0, 0.05) is 44.9 Å². The van der Waals surface area contributed by atoms with Crippen molar-refractivity contribution >= 4 is 40.1 Å². The summed E-state index contributed by atoms with van der Waals surface area (Å²) in [6.07, 6.45) is 0. The van der Waals surface area contributed by atoms with Crippen LogP contribution in [-0.2, 0) is 16.5 Å². The SMILES string of the molecule is COCCN(CCOC)c1nc(C)nc2c(-c3ccc(Cl)cc3Cl)n(C)nc12. The minimum atomic E-state index is 0.547. The number of fused-ring (bicyclic) bond motifs is 1. The van der Waals surface area contributed by atoms with Crippen LogP contribution in [0.15, 0.2) is 18.2 Å². The first-order valence-corrected chi connectivity index (χ1v) is 9.61. The van der Waals surface area contributed by atoms with E-state index in [0.717, 1.165) is 22.6 Å². The maximum absolute atomic E-state index is 6.46. The van der Waals surface area contributed by atoms with Crippen molar-refractivity contribution in [1.29, 1.82) is 0 Å². The van der Waals surface area contributed by atoms with Gasteiger partial charge in [0.15, 0.2) is 11.3 Å². The fourth-order valence-corrected chi connectivity index (χ4v) is 3.59. The normalized spacial score (nSPS) is 11.4. The zero-order valence-corrected chi connectivity index (χ0v) is 17.9. The van der Waals surface area contributed by atoms with Gasteiger partial charge >= 0.3 is 0 Å². The molecule has 0 radical (unpaired) electrons. The Balaban J connectivity index is 2.18. The van der Waals surface area contributed by atoms with Gasteiger partial charge in [0.2, 0.25) is 0 Å². The second-order valence-corrected chi connectivity index (χ2v) is 7.20. The molecule has 1 aromatic carbocycles. The first-order valence-electron chi connectivity index (χ1n) is 8.85. The van der Waals surface area contributed by atoms with E-state index in [2.05, 4.69) is 14.9 Å².